The Hall–Kier alpha value is -2.58. The van der Waals surface area contributed by atoms with Gasteiger partial charge in [0, 0.05) is 46.3 Å². The van der Waals surface area contributed by atoms with Gasteiger partial charge in [0.2, 0.25) is 35.4 Å². The van der Waals surface area contributed by atoms with Crippen molar-refractivity contribution in [2.24, 2.45) is 22.7 Å². The Bertz CT molecular complexity index is 830. The third-order valence-electron chi connectivity index (χ3n) is 7.25. The van der Waals surface area contributed by atoms with Crippen molar-refractivity contribution in [1.82, 2.24) is 14.7 Å². The molecule has 1 saturated carbocycles. The first kappa shape index (κ1) is 28.7. The molecule has 0 bridgehead atoms. The molecule has 4 rings (SSSR count). The standard InChI is InChI=1S/C9H13NO2.C9H15NO2.C8H13NO2/c1-10-8(11)6-4-2-3-5-7(6)9(10)12;1-4-10-7(11)5-9(2,3)6-8(10)12;1-8(2)4-6(10)9(3)7(11)5-8/h6-7H,2-5H2,1H3;4-6H2,1-3H3;4-5H2,1-3H3. The number of amides is 6. The normalized spacial score (nSPS) is 27.7. The molecule has 1 aliphatic carbocycles. The van der Waals surface area contributed by atoms with E-state index in [9.17, 15) is 28.8 Å². The second kappa shape index (κ2) is 11.0. The third kappa shape index (κ3) is 6.98. The van der Waals surface area contributed by atoms with Gasteiger partial charge in [0.05, 0.1) is 11.8 Å². The van der Waals surface area contributed by atoms with E-state index in [4.69, 9.17) is 0 Å². The Labute approximate surface area is 208 Å². The molecule has 0 aromatic carbocycles. The molecule has 196 valence electrons. The molecule has 9 heteroatoms. The summed E-state index contributed by atoms with van der Waals surface area (Å²) in [6.07, 6.45) is 5.99. The van der Waals surface area contributed by atoms with E-state index >= 15 is 0 Å². The van der Waals surface area contributed by atoms with Crippen LogP contribution >= 0.6 is 0 Å². The lowest BCUT2D eigenvalue weighted by molar-refractivity contribution is -0.153. The number of piperidine rings is 2. The largest absolute Gasteiger partial charge is 0.286 e. The summed E-state index contributed by atoms with van der Waals surface area (Å²) in [7, 11) is 3.14. The lowest BCUT2D eigenvalue weighted by Gasteiger charge is -2.33. The molecule has 6 amide bonds. The van der Waals surface area contributed by atoms with Crippen LogP contribution < -0.4 is 0 Å². The van der Waals surface area contributed by atoms with Crippen molar-refractivity contribution in [3.05, 3.63) is 0 Å². The van der Waals surface area contributed by atoms with Gasteiger partial charge in [0.1, 0.15) is 0 Å². The molecular weight excluding hydrogens is 450 g/mol. The summed E-state index contributed by atoms with van der Waals surface area (Å²) in [5, 5.41) is 0. The quantitative estimate of drug-likeness (QED) is 0.522. The van der Waals surface area contributed by atoms with Gasteiger partial charge in [0.25, 0.3) is 0 Å². The Kier molecular flexibility index (Phi) is 9.00. The first-order valence-electron chi connectivity index (χ1n) is 12.5. The van der Waals surface area contributed by atoms with Crippen molar-refractivity contribution < 1.29 is 28.8 Å². The molecule has 4 fully saturated rings. The molecule has 2 atom stereocenters. The number of likely N-dealkylation sites (tertiary alicyclic amines) is 3. The minimum atomic E-state index is -0.139. The monoisotopic (exact) mass is 491 g/mol. The highest BCUT2D eigenvalue weighted by molar-refractivity contribution is 6.04. The predicted molar refractivity (Wildman–Crippen MR) is 129 cm³/mol. The van der Waals surface area contributed by atoms with Crippen LogP contribution in [0.2, 0.25) is 0 Å². The van der Waals surface area contributed by atoms with E-state index < -0.39 is 0 Å². The minimum Gasteiger partial charge on any atom is -0.286 e. The van der Waals surface area contributed by atoms with Gasteiger partial charge < -0.3 is 0 Å². The molecule has 0 radical (unpaired) electrons. The summed E-state index contributed by atoms with van der Waals surface area (Å²) < 4.78 is 0. The Balaban J connectivity index is 0.000000185. The van der Waals surface area contributed by atoms with Crippen molar-refractivity contribution in [2.45, 2.75) is 86.0 Å². The molecule has 0 aromatic heterocycles. The van der Waals surface area contributed by atoms with Gasteiger partial charge in [-0.2, -0.15) is 0 Å². The number of hydrogen-bond donors (Lipinski definition) is 0. The number of carbonyl (C=O) groups is 6. The second-order valence-electron chi connectivity index (χ2n) is 11.6. The van der Waals surface area contributed by atoms with Gasteiger partial charge in [-0.25, -0.2) is 0 Å². The second-order valence-corrected chi connectivity index (χ2v) is 11.6. The number of carbonyl (C=O) groups excluding carboxylic acids is 6. The maximum absolute atomic E-state index is 11.5. The van der Waals surface area contributed by atoms with Crippen LogP contribution in [0.15, 0.2) is 0 Å². The van der Waals surface area contributed by atoms with Gasteiger partial charge in [0.15, 0.2) is 0 Å². The zero-order chi connectivity index (χ0) is 26.7. The van der Waals surface area contributed by atoms with Gasteiger partial charge >= 0.3 is 0 Å². The number of rotatable bonds is 1. The van der Waals surface area contributed by atoms with E-state index in [0.29, 0.717) is 32.2 Å². The fourth-order valence-electron chi connectivity index (χ4n) is 5.15. The van der Waals surface area contributed by atoms with Crippen LogP contribution in [0.5, 0.6) is 0 Å². The van der Waals surface area contributed by atoms with Crippen LogP contribution in [0, 0.1) is 22.7 Å². The van der Waals surface area contributed by atoms with Crippen molar-refractivity contribution in [3.8, 4) is 0 Å². The summed E-state index contributed by atoms with van der Waals surface area (Å²) in [6.45, 7) is 10.1. The topological polar surface area (TPSA) is 112 Å². The first-order chi connectivity index (χ1) is 16.1. The molecule has 0 spiro atoms. The predicted octanol–water partition coefficient (Wildman–Crippen LogP) is 2.76. The molecule has 35 heavy (non-hydrogen) atoms. The van der Waals surface area contributed by atoms with E-state index in [1.54, 1.807) is 14.1 Å². The molecule has 9 nitrogen and oxygen atoms in total. The fraction of sp³-hybridized carbons (Fsp3) is 0.769. The number of fused-ring (bicyclic) bond motifs is 1. The van der Waals surface area contributed by atoms with Crippen molar-refractivity contribution in [2.75, 3.05) is 20.6 Å². The highest BCUT2D eigenvalue weighted by Gasteiger charge is 2.46. The number of hydrogen-bond acceptors (Lipinski definition) is 6. The van der Waals surface area contributed by atoms with Crippen LogP contribution in [0.4, 0.5) is 0 Å². The summed E-state index contributed by atoms with van der Waals surface area (Å²) in [4.78, 5) is 71.7. The van der Waals surface area contributed by atoms with Gasteiger partial charge in [-0.3, -0.25) is 43.5 Å². The average molecular weight is 492 g/mol. The van der Waals surface area contributed by atoms with Crippen LogP contribution in [0.3, 0.4) is 0 Å². The summed E-state index contributed by atoms with van der Waals surface area (Å²) in [5.74, 6) is -0.0445. The van der Waals surface area contributed by atoms with Gasteiger partial charge in [-0.1, -0.05) is 40.5 Å². The van der Waals surface area contributed by atoms with E-state index in [2.05, 4.69) is 0 Å². The van der Waals surface area contributed by atoms with Crippen LogP contribution in [-0.4, -0.2) is 70.8 Å². The van der Waals surface area contributed by atoms with Crippen LogP contribution in [0.25, 0.3) is 0 Å². The summed E-state index contributed by atoms with van der Waals surface area (Å²) >= 11 is 0. The maximum atomic E-state index is 11.5. The Morgan fingerprint density at radius 2 is 0.971 bits per heavy atom. The van der Waals surface area contributed by atoms with Gasteiger partial charge in [-0.15, -0.1) is 0 Å². The molecular formula is C26H41N3O6. The molecule has 3 saturated heterocycles. The first-order valence-corrected chi connectivity index (χ1v) is 12.5. The molecule has 0 N–H and O–H groups in total. The van der Waals surface area contributed by atoms with E-state index in [1.165, 1.54) is 14.7 Å². The lowest BCUT2D eigenvalue weighted by Crippen LogP contribution is -2.45. The number of nitrogens with zero attached hydrogens (tertiary/aromatic N) is 3. The average Bonchev–Trinajstić information content (AvgIpc) is 2.96. The highest BCUT2D eigenvalue weighted by Crippen LogP contribution is 2.37. The van der Waals surface area contributed by atoms with E-state index in [1.807, 2.05) is 34.6 Å². The van der Waals surface area contributed by atoms with Gasteiger partial charge in [-0.05, 0) is 30.6 Å². The van der Waals surface area contributed by atoms with E-state index in [-0.39, 0.29) is 58.1 Å². The zero-order valence-corrected chi connectivity index (χ0v) is 22.3. The zero-order valence-electron chi connectivity index (χ0n) is 22.3. The highest BCUT2D eigenvalue weighted by atomic mass is 16.2. The molecule has 2 unspecified atom stereocenters. The van der Waals surface area contributed by atoms with Crippen molar-refractivity contribution in [3.63, 3.8) is 0 Å². The lowest BCUT2D eigenvalue weighted by atomic mass is 9.81. The molecule has 0 aromatic rings. The summed E-state index contributed by atoms with van der Waals surface area (Å²) in [5.41, 5.74) is -0.277. The van der Waals surface area contributed by atoms with Crippen molar-refractivity contribution in [1.29, 1.82) is 0 Å². The Morgan fingerprint density at radius 1 is 0.629 bits per heavy atom. The minimum absolute atomic E-state index is 0.0243. The van der Waals surface area contributed by atoms with Crippen LogP contribution in [-0.2, 0) is 28.8 Å². The summed E-state index contributed by atoms with van der Waals surface area (Å²) in [6, 6.07) is 0. The third-order valence-corrected chi connectivity index (χ3v) is 7.25. The number of imide groups is 3. The molecule has 3 aliphatic heterocycles. The van der Waals surface area contributed by atoms with Crippen molar-refractivity contribution >= 4 is 35.4 Å². The molecule has 4 aliphatic rings. The maximum Gasteiger partial charge on any atom is 0.232 e. The Morgan fingerprint density at radius 3 is 1.31 bits per heavy atom. The van der Waals surface area contributed by atoms with E-state index in [0.717, 1.165) is 25.7 Å². The smallest absolute Gasteiger partial charge is 0.232 e. The molecule has 3 heterocycles. The van der Waals surface area contributed by atoms with Crippen LogP contribution in [0.1, 0.15) is 86.0 Å². The SMILES string of the molecule is CCN1C(=O)CC(C)(C)CC1=O.CN1C(=O)C2CCCCC2C1=O.CN1C(=O)CC(C)(C)CC1=O. The fourth-order valence-corrected chi connectivity index (χ4v) is 5.15.